The number of aromatic carboxylic acids is 1. The molecular weight excluding hydrogens is 296 g/mol. The molecule has 0 saturated carbocycles. The predicted molar refractivity (Wildman–Crippen MR) is 86.2 cm³/mol. The van der Waals surface area contributed by atoms with Gasteiger partial charge in [0, 0.05) is 23.4 Å². The molecule has 0 spiro atoms. The number of carboxylic acids is 1. The number of aromatic nitrogens is 2. The van der Waals surface area contributed by atoms with Crippen LogP contribution in [0.1, 0.15) is 10.5 Å². The number of benzene rings is 2. The summed E-state index contributed by atoms with van der Waals surface area (Å²) in [6.07, 6.45) is 0. The molecule has 2 aromatic carbocycles. The Hall–Kier alpha value is -3.02. The van der Waals surface area contributed by atoms with Crippen molar-refractivity contribution in [3.63, 3.8) is 0 Å². The fourth-order valence-electron chi connectivity index (χ4n) is 2.72. The van der Waals surface area contributed by atoms with E-state index in [2.05, 4.69) is 5.10 Å². The molecule has 0 aliphatic heterocycles. The summed E-state index contributed by atoms with van der Waals surface area (Å²) in [5, 5.41) is 15.0. The normalized spacial score (nSPS) is 10.7. The molecule has 1 heterocycles. The van der Waals surface area contributed by atoms with Gasteiger partial charge in [-0.15, -0.1) is 0 Å². The van der Waals surface area contributed by atoms with E-state index in [0.29, 0.717) is 17.2 Å². The van der Waals surface area contributed by atoms with Gasteiger partial charge >= 0.3 is 5.97 Å². The van der Waals surface area contributed by atoms with Gasteiger partial charge in [0.05, 0.1) is 19.9 Å². The van der Waals surface area contributed by atoms with E-state index in [0.717, 1.165) is 16.3 Å². The molecule has 3 rings (SSSR count). The number of fused-ring (bicyclic) bond motifs is 1. The second-order valence-corrected chi connectivity index (χ2v) is 5.05. The van der Waals surface area contributed by atoms with Crippen molar-refractivity contribution in [3.05, 3.63) is 42.1 Å². The van der Waals surface area contributed by atoms with Gasteiger partial charge in [0.25, 0.3) is 0 Å². The summed E-state index contributed by atoms with van der Waals surface area (Å²) in [4.78, 5) is 11.2. The molecule has 0 atom stereocenters. The first-order chi connectivity index (χ1) is 11.1. The molecule has 0 bridgehead atoms. The molecule has 1 aromatic heterocycles. The summed E-state index contributed by atoms with van der Waals surface area (Å²) >= 11 is 0. The van der Waals surface area contributed by atoms with Crippen LogP contribution in [0.4, 0.5) is 0 Å². The summed E-state index contributed by atoms with van der Waals surface area (Å²) in [6.45, 7) is 0. The molecule has 23 heavy (non-hydrogen) atoms. The monoisotopic (exact) mass is 312 g/mol. The summed E-state index contributed by atoms with van der Waals surface area (Å²) in [5.74, 6) is 0.273. The SMILES string of the molecule is COc1cc(-c2cc(C(=O)O)nn2C)c(OC)c2ccccc12. The average Bonchev–Trinajstić information content (AvgIpc) is 2.95. The third-order valence-electron chi connectivity index (χ3n) is 3.76. The zero-order valence-electron chi connectivity index (χ0n) is 13.0. The third kappa shape index (κ3) is 2.38. The molecule has 3 aromatic rings. The van der Waals surface area contributed by atoms with E-state index < -0.39 is 5.97 Å². The van der Waals surface area contributed by atoms with Crippen molar-refractivity contribution in [3.8, 4) is 22.8 Å². The van der Waals surface area contributed by atoms with Crippen molar-refractivity contribution in [2.45, 2.75) is 0 Å². The Morgan fingerprint density at radius 3 is 2.39 bits per heavy atom. The zero-order chi connectivity index (χ0) is 16.6. The maximum Gasteiger partial charge on any atom is 0.356 e. The fourth-order valence-corrected chi connectivity index (χ4v) is 2.72. The van der Waals surface area contributed by atoms with Crippen LogP contribution in [0.15, 0.2) is 36.4 Å². The minimum atomic E-state index is -1.07. The molecule has 118 valence electrons. The van der Waals surface area contributed by atoms with Gasteiger partial charge < -0.3 is 14.6 Å². The third-order valence-corrected chi connectivity index (χ3v) is 3.76. The molecule has 0 aliphatic rings. The minimum absolute atomic E-state index is 0.0170. The van der Waals surface area contributed by atoms with Gasteiger partial charge in [0.2, 0.25) is 0 Å². The second kappa shape index (κ2) is 5.64. The van der Waals surface area contributed by atoms with E-state index in [4.69, 9.17) is 14.6 Å². The number of methoxy groups -OCH3 is 2. The van der Waals surface area contributed by atoms with Gasteiger partial charge in [-0.05, 0) is 12.1 Å². The van der Waals surface area contributed by atoms with Crippen LogP contribution >= 0.6 is 0 Å². The molecular formula is C17H16N2O4. The molecule has 6 heteroatoms. The lowest BCUT2D eigenvalue weighted by Gasteiger charge is -2.15. The molecule has 0 saturated heterocycles. The summed E-state index contributed by atoms with van der Waals surface area (Å²) < 4.78 is 12.6. The lowest BCUT2D eigenvalue weighted by Crippen LogP contribution is -2.00. The van der Waals surface area contributed by atoms with Crippen molar-refractivity contribution >= 4 is 16.7 Å². The Balaban J connectivity index is 2.35. The lowest BCUT2D eigenvalue weighted by molar-refractivity contribution is 0.0689. The van der Waals surface area contributed by atoms with E-state index in [1.165, 1.54) is 10.7 Å². The van der Waals surface area contributed by atoms with Crippen LogP contribution in [0, 0.1) is 0 Å². The Morgan fingerprint density at radius 1 is 1.13 bits per heavy atom. The van der Waals surface area contributed by atoms with Crippen LogP contribution in [0.5, 0.6) is 11.5 Å². The highest BCUT2D eigenvalue weighted by Gasteiger charge is 2.19. The van der Waals surface area contributed by atoms with E-state index >= 15 is 0 Å². The van der Waals surface area contributed by atoms with Crippen molar-refractivity contribution in [1.82, 2.24) is 9.78 Å². The van der Waals surface area contributed by atoms with Crippen LogP contribution in [0.2, 0.25) is 0 Å². The molecule has 0 radical (unpaired) electrons. The van der Waals surface area contributed by atoms with Gasteiger partial charge in [-0.1, -0.05) is 24.3 Å². The molecule has 0 aliphatic carbocycles. The van der Waals surface area contributed by atoms with Gasteiger partial charge in [0.15, 0.2) is 5.69 Å². The molecule has 0 unspecified atom stereocenters. The van der Waals surface area contributed by atoms with Crippen LogP contribution in [-0.4, -0.2) is 35.1 Å². The highest BCUT2D eigenvalue weighted by molar-refractivity contribution is 5.99. The van der Waals surface area contributed by atoms with Gasteiger partial charge in [-0.25, -0.2) is 4.79 Å². The van der Waals surface area contributed by atoms with Gasteiger partial charge in [-0.3, -0.25) is 4.68 Å². The highest BCUT2D eigenvalue weighted by Crippen LogP contribution is 2.41. The number of nitrogens with zero attached hydrogens (tertiary/aromatic N) is 2. The Labute approximate surface area is 132 Å². The number of aryl methyl sites for hydroxylation is 1. The first-order valence-corrected chi connectivity index (χ1v) is 6.98. The number of ether oxygens (including phenoxy) is 2. The summed E-state index contributed by atoms with van der Waals surface area (Å²) in [5.41, 5.74) is 1.35. The number of hydrogen-bond acceptors (Lipinski definition) is 4. The van der Waals surface area contributed by atoms with Gasteiger partial charge in [0.1, 0.15) is 11.5 Å². The van der Waals surface area contributed by atoms with Crippen molar-refractivity contribution in [1.29, 1.82) is 0 Å². The van der Waals surface area contributed by atoms with E-state index in [1.54, 1.807) is 21.3 Å². The molecule has 0 amide bonds. The van der Waals surface area contributed by atoms with E-state index in [-0.39, 0.29) is 5.69 Å². The number of hydrogen-bond donors (Lipinski definition) is 1. The van der Waals surface area contributed by atoms with E-state index in [9.17, 15) is 4.79 Å². The lowest BCUT2D eigenvalue weighted by atomic mass is 10.0. The Bertz CT molecular complexity index is 899. The van der Waals surface area contributed by atoms with Crippen molar-refractivity contribution in [2.24, 2.45) is 7.05 Å². The minimum Gasteiger partial charge on any atom is -0.496 e. The van der Waals surface area contributed by atoms with Crippen molar-refractivity contribution < 1.29 is 19.4 Å². The first kappa shape index (κ1) is 14.9. The second-order valence-electron chi connectivity index (χ2n) is 5.05. The summed E-state index contributed by atoms with van der Waals surface area (Å²) in [7, 11) is 4.89. The largest absolute Gasteiger partial charge is 0.496 e. The Morgan fingerprint density at radius 2 is 1.83 bits per heavy atom. The predicted octanol–water partition coefficient (Wildman–Crippen LogP) is 2.96. The average molecular weight is 312 g/mol. The van der Waals surface area contributed by atoms with Crippen molar-refractivity contribution in [2.75, 3.05) is 14.2 Å². The fraction of sp³-hybridized carbons (Fsp3) is 0.176. The maximum atomic E-state index is 11.2. The summed E-state index contributed by atoms with van der Waals surface area (Å²) in [6, 6.07) is 11.1. The molecule has 6 nitrogen and oxygen atoms in total. The highest BCUT2D eigenvalue weighted by atomic mass is 16.5. The first-order valence-electron chi connectivity index (χ1n) is 6.98. The molecule has 1 N–H and O–H groups in total. The van der Waals surface area contributed by atoms with Gasteiger partial charge in [-0.2, -0.15) is 5.10 Å². The number of rotatable bonds is 4. The standard InChI is InChI=1S/C17H16N2O4/c1-19-14(9-13(18-19)17(20)21)12-8-15(22-2)10-6-4-5-7-11(10)16(12)23-3/h4-9H,1-3H3,(H,20,21). The maximum absolute atomic E-state index is 11.2. The number of carboxylic acid groups (broad SMARTS) is 1. The smallest absolute Gasteiger partial charge is 0.356 e. The topological polar surface area (TPSA) is 73.6 Å². The van der Waals surface area contributed by atoms with Crippen LogP contribution in [0.3, 0.4) is 0 Å². The molecule has 0 fully saturated rings. The zero-order valence-corrected chi connectivity index (χ0v) is 13.0. The Kier molecular flexibility index (Phi) is 3.65. The van der Waals surface area contributed by atoms with E-state index in [1.807, 2.05) is 30.3 Å². The quantitative estimate of drug-likeness (QED) is 0.802. The van der Waals surface area contributed by atoms with Crippen LogP contribution in [0.25, 0.3) is 22.0 Å². The number of carbonyl (C=O) groups is 1. The van der Waals surface area contributed by atoms with Crippen LogP contribution < -0.4 is 9.47 Å². The van der Waals surface area contributed by atoms with Crippen LogP contribution in [-0.2, 0) is 7.05 Å².